The Morgan fingerprint density at radius 3 is 2.40 bits per heavy atom. The first-order valence-corrected chi connectivity index (χ1v) is 17.6. The van der Waals surface area contributed by atoms with Crippen LogP contribution in [0, 0.1) is 11.2 Å². The van der Waals surface area contributed by atoms with Gasteiger partial charge in [0.2, 0.25) is 0 Å². The highest BCUT2D eigenvalue weighted by Crippen LogP contribution is 2.71. The number of hydrogen-bond acceptors (Lipinski definition) is 5. The molecule has 4 N–H and O–H groups in total. The van der Waals surface area contributed by atoms with Gasteiger partial charge in [-0.3, -0.25) is 15.0 Å². The van der Waals surface area contributed by atoms with Crippen molar-refractivity contribution in [1.29, 1.82) is 0 Å². The van der Waals surface area contributed by atoms with Crippen molar-refractivity contribution in [1.82, 2.24) is 15.0 Å². The predicted molar refractivity (Wildman–Crippen MR) is 147 cm³/mol. The Bertz CT molecular complexity index is 1070. The number of amidine groups is 1. The Morgan fingerprint density at radius 1 is 1.29 bits per heavy atom. The van der Waals surface area contributed by atoms with Crippen LogP contribution in [0.25, 0.3) is 0 Å². The lowest BCUT2D eigenvalue weighted by Crippen LogP contribution is -2.65. The third-order valence-electron chi connectivity index (χ3n) is 9.21. The highest BCUT2D eigenvalue weighted by Gasteiger charge is 2.66. The van der Waals surface area contributed by atoms with Crippen LogP contribution in [0.5, 0.6) is 0 Å². The van der Waals surface area contributed by atoms with E-state index in [2.05, 4.69) is 51.7 Å². The summed E-state index contributed by atoms with van der Waals surface area (Å²) in [5.41, 5.74) is -0.961. The van der Waals surface area contributed by atoms with Gasteiger partial charge >= 0.3 is 6.09 Å². The van der Waals surface area contributed by atoms with Crippen LogP contribution in [0.3, 0.4) is 0 Å². The van der Waals surface area contributed by atoms with E-state index in [9.17, 15) is 14.5 Å². The fourth-order valence-corrected chi connectivity index (χ4v) is 14.1. The number of hydrogen-bond donors (Lipinski definition) is 4. The summed E-state index contributed by atoms with van der Waals surface area (Å²) in [7, 11) is -4.78. The quantitative estimate of drug-likeness (QED) is 0.260. The second-order valence-electron chi connectivity index (χ2n) is 11.2. The first kappa shape index (κ1) is 27.0. The lowest BCUT2D eigenvalue weighted by atomic mass is 9.84. The van der Waals surface area contributed by atoms with E-state index in [1.54, 1.807) is 0 Å². The lowest BCUT2D eigenvalue weighted by molar-refractivity contribution is 0.199. The van der Waals surface area contributed by atoms with Crippen LogP contribution >= 0.6 is 26.4 Å². The van der Waals surface area contributed by atoms with Crippen molar-refractivity contribution >= 4 is 51.6 Å². The Balaban J connectivity index is 2.00. The predicted octanol–water partition coefficient (Wildman–Crippen LogP) is 5.71. The van der Waals surface area contributed by atoms with E-state index in [4.69, 9.17) is 4.99 Å². The summed E-state index contributed by atoms with van der Waals surface area (Å²) in [6, 6.07) is 4.57. The summed E-state index contributed by atoms with van der Waals surface area (Å²) in [5, 5.41) is 12.3. The number of aliphatic imine (C=N–C) groups is 1. The number of aromatic nitrogens is 1. The molecule has 1 unspecified atom stereocenters. The number of nitrogens with zero attached hydrogens (tertiary/aromatic N) is 2. The molecule has 4 rings (SSSR count). The second-order valence-corrected chi connectivity index (χ2v) is 20.3. The van der Waals surface area contributed by atoms with Gasteiger partial charge in [-0.15, -0.1) is 0 Å². The molecule has 3 atom stereocenters. The highest BCUT2D eigenvalue weighted by atomic mass is 79.9. The Hall–Kier alpha value is -1.01. The van der Waals surface area contributed by atoms with Gasteiger partial charge in [0, 0.05) is 6.54 Å². The monoisotopic (exact) mass is 588 g/mol. The number of nitrogens with one attached hydrogen (secondary N) is 2. The van der Waals surface area contributed by atoms with Gasteiger partial charge in [0.1, 0.15) is 27.5 Å². The SMILES string of the molecule is CC[Si](CC)(CC)c1cc(Br)nc([C@@]2(C)N=C(NC(=O)O)C(C)(C)S3(O)NCC4(CC4)C[C@H]23)c1F. The van der Waals surface area contributed by atoms with Crippen LogP contribution in [0.4, 0.5) is 9.18 Å². The van der Waals surface area contributed by atoms with Gasteiger partial charge in [-0.25, -0.2) is 14.2 Å². The van der Waals surface area contributed by atoms with Gasteiger partial charge in [-0.1, -0.05) is 49.4 Å². The Labute approximate surface area is 218 Å². The molecule has 0 bridgehead atoms. The minimum absolute atomic E-state index is 0.0779. The molecule has 1 spiro atoms. The largest absolute Gasteiger partial charge is 0.465 e. The number of fused-ring (bicyclic) bond motifs is 1. The van der Waals surface area contributed by atoms with Crippen LogP contribution in [0.15, 0.2) is 15.7 Å². The van der Waals surface area contributed by atoms with Crippen molar-refractivity contribution in [3.05, 3.63) is 22.2 Å². The van der Waals surface area contributed by atoms with E-state index in [1.807, 2.05) is 26.8 Å². The van der Waals surface area contributed by atoms with Crippen molar-refractivity contribution in [3.8, 4) is 0 Å². The van der Waals surface area contributed by atoms with Crippen molar-refractivity contribution in [3.63, 3.8) is 0 Å². The molecule has 196 valence electrons. The normalized spacial score (nSPS) is 32.8. The molecular formula is C24H38BrFN4O3SSi. The van der Waals surface area contributed by atoms with Crippen LogP contribution in [-0.2, 0) is 5.54 Å². The van der Waals surface area contributed by atoms with Crippen LogP contribution in [0.1, 0.15) is 66.5 Å². The number of pyridine rings is 1. The van der Waals surface area contributed by atoms with E-state index >= 15 is 4.39 Å². The molecule has 1 aliphatic carbocycles. The average molecular weight is 590 g/mol. The summed E-state index contributed by atoms with van der Waals surface area (Å²) >= 11 is 3.55. The summed E-state index contributed by atoms with van der Waals surface area (Å²) in [6.07, 6.45) is 1.57. The van der Waals surface area contributed by atoms with Crippen LogP contribution in [0.2, 0.25) is 18.1 Å². The molecule has 1 aromatic rings. The number of amides is 1. The molecule has 0 radical (unpaired) electrons. The molecule has 1 saturated carbocycles. The molecule has 1 amide bonds. The molecule has 1 saturated heterocycles. The molecular weight excluding hydrogens is 551 g/mol. The van der Waals surface area contributed by atoms with Gasteiger partial charge in [0.05, 0.1) is 18.1 Å². The molecule has 0 aromatic carbocycles. The maximum atomic E-state index is 16.7. The summed E-state index contributed by atoms with van der Waals surface area (Å²) in [5.74, 6) is -0.198. The van der Waals surface area contributed by atoms with Crippen molar-refractivity contribution in [2.45, 2.75) is 94.5 Å². The minimum atomic E-state index is -2.65. The second kappa shape index (κ2) is 8.78. The molecule has 2 aliphatic heterocycles. The molecule has 3 aliphatic rings. The van der Waals surface area contributed by atoms with Gasteiger partial charge in [-0.05, 0) is 72.6 Å². The Kier molecular flexibility index (Phi) is 6.78. The lowest BCUT2D eigenvalue weighted by Gasteiger charge is -2.62. The zero-order chi connectivity index (χ0) is 26.0. The zero-order valence-corrected chi connectivity index (χ0v) is 24.9. The Morgan fingerprint density at radius 2 is 1.89 bits per heavy atom. The summed E-state index contributed by atoms with van der Waals surface area (Å²) < 4.78 is 32.0. The average Bonchev–Trinajstić information content (AvgIpc) is 3.56. The highest BCUT2D eigenvalue weighted by molar-refractivity contribution is 9.10. The fourth-order valence-electron chi connectivity index (χ4n) is 6.19. The molecule has 2 fully saturated rings. The van der Waals surface area contributed by atoms with E-state index in [0.29, 0.717) is 17.6 Å². The smallest absolute Gasteiger partial charge is 0.410 e. The first-order chi connectivity index (χ1) is 16.2. The summed E-state index contributed by atoms with van der Waals surface area (Å²) in [4.78, 5) is 21.3. The van der Waals surface area contributed by atoms with Crippen LogP contribution in [-0.4, -0.2) is 51.2 Å². The summed E-state index contributed by atoms with van der Waals surface area (Å²) in [6.45, 7) is 12.5. The fraction of sp³-hybridized carbons (Fsp3) is 0.708. The van der Waals surface area contributed by atoms with Gasteiger partial charge in [-0.2, -0.15) is 0 Å². The molecule has 11 heteroatoms. The maximum Gasteiger partial charge on any atom is 0.410 e. The molecule has 1 aromatic heterocycles. The van der Waals surface area contributed by atoms with E-state index < -0.39 is 40.2 Å². The minimum Gasteiger partial charge on any atom is -0.465 e. The van der Waals surface area contributed by atoms with E-state index in [-0.39, 0.29) is 22.8 Å². The third kappa shape index (κ3) is 4.00. The van der Waals surface area contributed by atoms with E-state index in [1.165, 1.54) is 0 Å². The van der Waals surface area contributed by atoms with Crippen LogP contribution < -0.4 is 15.2 Å². The maximum absolute atomic E-state index is 16.7. The number of rotatable bonds is 5. The molecule has 3 heterocycles. The van der Waals surface area contributed by atoms with Gasteiger partial charge in [0.15, 0.2) is 0 Å². The third-order valence-corrected chi connectivity index (χ3v) is 19.0. The number of carboxylic acid groups (broad SMARTS) is 1. The zero-order valence-electron chi connectivity index (χ0n) is 21.5. The standard InChI is InChI=1S/C24H38BrFN4O3SSi/c1-7-35(8-2,9-3)15-12-17(25)28-19(18(15)26)23(6)16-13-24(10-11-24)14-27-34(16,33)22(4,5)20(30-23)29-21(31)32/h12,16,27,33H,7-11,13-14H2,1-6H3,(H,29,30)(H,31,32)/t16-,23+/m1/s1. The van der Waals surface area contributed by atoms with Gasteiger partial charge in [0.25, 0.3) is 0 Å². The van der Waals surface area contributed by atoms with Crippen molar-refractivity contribution < 1.29 is 18.8 Å². The topological polar surface area (TPSA) is 107 Å². The van der Waals surface area contributed by atoms with Crippen molar-refractivity contribution in [2.24, 2.45) is 10.4 Å². The van der Waals surface area contributed by atoms with E-state index in [0.717, 1.165) is 36.2 Å². The molecule has 35 heavy (non-hydrogen) atoms. The number of halogens is 2. The van der Waals surface area contributed by atoms with Gasteiger partial charge < -0.3 is 9.66 Å². The first-order valence-electron chi connectivity index (χ1n) is 12.5. The molecule has 7 nitrogen and oxygen atoms in total. The number of carbonyl (C=O) groups is 1. The van der Waals surface area contributed by atoms with Crippen molar-refractivity contribution in [2.75, 3.05) is 6.54 Å².